The molecule has 11 nitrogen and oxygen atoms in total. The molecule has 1 heterocycles. The van der Waals surface area contributed by atoms with Gasteiger partial charge in [0, 0.05) is 18.6 Å². The van der Waals surface area contributed by atoms with E-state index in [1.165, 1.54) is 24.2 Å². The third kappa shape index (κ3) is 13.0. The number of ether oxygens (including phenoxy) is 2. The van der Waals surface area contributed by atoms with Gasteiger partial charge in [0.25, 0.3) is 17.7 Å². The molecule has 0 bridgehead atoms. The van der Waals surface area contributed by atoms with Crippen molar-refractivity contribution >= 4 is 29.6 Å². The van der Waals surface area contributed by atoms with Gasteiger partial charge in [0.05, 0.1) is 13.2 Å². The molecule has 0 aromatic heterocycles. The minimum atomic E-state index is -1.09. The predicted molar refractivity (Wildman–Crippen MR) is 210 cm³/mol. The van der Waals surface area contributed by atoms with Crippen LogP contribution in [0.4, 0.5) is 0 Å². The first-order valence-corrected chi connectivity index (χ1v) is 19.0. The van der Waals surface area contributed by atoms with E-state index >= 15 is 0 Å². The third-order valence-electron chi connectivity index (χ3n) is 9.54. The predicted octanol–water partition coefficient (Wildman–Crippen LogP) is 5.25. The summed E-state index contributed by atoms with van der Waals surface area (Å²) in [4.78, 5) is 71.0. The van der Waals surface area contributed by atoms with Crippen molar-refractivity contribution in [1.82, 2.24) is 20.4 Å². The number of benzene rings is 2. The van der Waals surface area contributed by atoms with Crippen LogP contribution in [0.25, 0.3) is 0 Å². The van der Waals surface area contributed by atoms with Gasteiger partial charge < -0.3 is 20.1 Å². The molecule has 11 heteroatoms. The lowest BCUT2D eigenvalue weighted by molar-refractivity contribution is -0.163. The topological polar surface area (TPSA) is 134 Å². The first-order valence-electron chi connectivity index (χ1n) is 19.0. The van der Waals surface area contributed by atoms with Crippen LogP contribution in [-0.2, 0) is 46.3 Å². The number of hydrogen-bond donors (Lipinski definition) is 2. The number of amides is 4. The Morgan fingerprint density at radius 3 is 1.98 bits per heavy atom. The fourth-order valence-electron chi connectivity index (χ4n) is 6.64. The summed E-state index contributed by atoms with van der Waals surface area (Å²) in [5, 5.41) is 5.92. The molecule has 2 aromatic rings. The van der Waals surface area contributed by atoms with Crippen LogP contribution in [-0.4, -0.2) is 90.9 Å². The average molecular weight is 745 g/mol. The Morgan fingerprint density at radius 2 is 1.44 bits per heavy atom. The minimum absolute atomic E-state index is 0.00726. The van der Waals surface area contributed by atoms with Crippen molar-refractivity contribution in [3.05, 3.63) is 95.8 Å². The molecule has 0 saturated heterocycles. The summed E-state index contributed by atoms with van der Waals surface area (Å²) in [7, 11) is 5.10. The van der Waals surface area contributed by atoms with E-state index in [2.05, 4.69) is 10.6 Å². The van der Waals surface area contributed by atoms with Crippen LogP contribution in [0.5, 0.6) is 0 Å². The molecular formula is C43H60N4O7. The molecule has 0 aliphatic carbocycles. The maximum absolute atomic E-state index is 14.0. The number of nitrogens with one attached hydrogen (secondary N) is 2. The normalized spacial score (nSPS) is 17.3. The van der Waals surface area contributed by atoms with Crippen LogP contribution in [0.15, 0.2) is 84.7 Å². The number of imide groups is 1. The van der Waals surface area contributed by atoms with Crippen LogP contribution < -0.4 is 10.6 Å². The van der Waals surface area contributed by atoms with Gasteiger partial charge in [-0.2, -0.15) is 0 Å². The summed E-state index contributed by atoms with van der Waals surface area (Å²) >= 11 is 0. The molecule has 1 aliphatic heterocycles. The lowest BCUT2D eigenvalue weighted by atomic mass is 9.98. The van der Waals surface area contributed by atoms with Crippen LogP contribution in [0.1, 0.15) is 71.9 Å². The Kier molecular flexibility index (Phi) is 17.1. The first-order chi connectivity index (χ1) is 25.6. The molecule has 1 aliphatic rings. The zero-order chi connectivity index (χ0) is 39.9. The highest BCUT2D eigenvalue weighted by Crippen LogP contribution is 2.25. The molecule has 6 unspecified atom stereocenters. The molecule has 2 aromatic carbocycles. The van der Waals surface area contributed by atoms with E-state index in [-0.39, 0.29) is 24.2 Å². The molecule has 6 atom stereocenters. The maximum Gasteiger partial charge on any atom is 0.324 e. The van der Waals surface area contributed by atoms with E-state index in [9.17, 15) is 24.0 Å². The summed E-state index contributed by atoms with van der Waals surface area (Å²) in [5.74, 6) is -2.02. The Labute approximate surface area is 321 Å². The average Bonchev–Trinajstić information content (AvgIpc) is 3.44. The van der Waals surface area contributed by atoms with Crippen LogP contribution in [0.2, 0.25) is 0 Å². The van der Waals surface area contributed by atoms with Gasteiger partial charge in [-0.05, 0) is 62.2 Å². The number of methoxy groups -OCH3 is 1. The van der Waals surface area contributed by atoms with Crippen molar-refractivity contribution in [3.8, 4) is 0 Å². The molecule has 0 fully saturated rings. The highest BCUT2D eigenvalue weighted by atomic mass is 16.5. The van der Waals surface area contributed by atoms with Crippen molar-refractivity contribution in [2.45, 2.75) is 104 Å². The lowest BCUT2D eigenvalue weighted by Crippen LogP contribution is -2.53. The van der Waals surface area contributed by atoms with Gasteiger partial charge >= 0.3 is 5.97 Å². The highest BCUT2D eigenvalue weighted by molar-refractivity contribution is 6.08. The maximum atomic E-state index is 14.0. The van der Waals surface area contributed by atoms with Gasteiger partial charge in [0.1, 0.15) is 23.9 Å². The summed E-state index contributed by atoms with van der Waals surface area (Å²) in [6, 6.07) is 16.3. The zero-order valence-electron chi connectivity index (χ0n) is 33.4. The lowest BCUT2D eigenvalue weighted by Gasteiger charge is -2.30. The summed E-state index contributed by atoms with van der Waals surface area (Å²) in [6.45, 7) is 11.8. The second-order valence-corrected chi connectivity index (χ2v) is 15.2. The minimum Gasteiger partial charge on any atom is -0.499 e. The smallest absolute Gasteiger partial charge is 0.324 e. The second kappa shape index (κ2) is 21.2. The Bertz CT molecular complexity index is 1610. The van der Waals surface area contributed by atoms with Gasteiger partial charge in [0.2, 0.25) is 5.91 Å². The van der Waals surface area contributed by atoms with E-state index in [1.807, 2.05) is 116 Å². The van der Waals surface area contributed by atoms with Crippen LogP contribution in [0, 0.1) is 17.8 Å². The number of carbonyl (C=O) groups excluding carboxylic acids is 5. The molecule has 0 radical (unpaired) electrons. The van der Waals surface area contributed by atoms with E-state index in [1.54, 1.807) is 11.0 Å². The molecule has 0 spiro atoms. The second-order valence-electron chi connectivity index (χ2n) is 15.2. The Balaban J connectivity index is 1.86. The molecule has 3 rings (SSSR count). The fourth-order valence-corrected chi connectivity index (χ4v) is 6.64. The molecule has 4 amide bonds. The first kappa shape index (κ1) is 43.6. The van der Waals surface area contributed by atoms with Gasteiger partial charge in [-0.15, -0.1) is 0 Å². The number of hydrogen-bond acceptors (Lipinski definition) is 8. The Hall–Kier alpha value is -4.77. The molecule has 0 saturated carbocycles. The van der Waals surface area contributed by atoms with Gasteiger partial charge in [-0.3, -0.25) is 33.8 Å². The number of nitrogens with zero attached hydrogens (tertiary/aromatic N) is 2. The molecule has 2 N–H and O–H groups in total. The van der Waals surface area contributed by atoms with Gasteiger partial charge in [0.15, 0.2) is 6.10 Å². The standard InChI is InChI=1S/C43H60N4O7/c1-10-30(6)40(46(7)8)43(52)54-37(24-29(4)5)42(51)45-34(23-28(2)3)41(50)44-33(25-31-17-13-11-14-18-31)21-22-38(48)47-35(36(53-9)27-39(47)49)26-32-19-15-12-16-20-32/h11-22,27-30,33-35,37,40H,10,23-26H2,1-9H3,(H,44,50)(H,45,51). The number of likely N-dealkylation sites (N-methyl/N-ethyl adjacent to an activating group) is 1. The quantitative estimate of drug-likeness (QED) is 0.139. The number of carbonyl (C=O) groups is 5. The van der Waals surface area contributed by atoms with Crippen molar-refractivity contribution < 1.29 is 33.4 Å². The van der Waals surface area contributed by atoms with Crippen molar-refractivity contribution in [2.75, 3.05) is 21.2 Å². The summed E-state index contributed by atoms with van der Waals surface area (Å²) < 4.78 is 11.4. The van der Waals surface area contributed by atoms with Gasteiger partial charge in [-0.25, -0.2) is 0 Å². The van der Waals surface area contributed by atoms with Crippen LogP contribution >= 0.6 is 0 Å². The fraction of sp³-hybridized carbons (Fsp3) is 0.512. The SMILES string of the molecule is CCC(C)C(C(=O)OC(CC(C)C)C(=O)NC(CC(C)C)C(=O)NC(C=CC(=O)N1C(=O)C=C(OC)C1Cc1ccccc1)Cc1ccccc1)N(C)C. The highest BCUT2D eigenvalue weighted by Gasteiger charge is 2.38. The van der Waals surface area contributed by atoms with Crippen molar-refractivity contribution in [1.29, 1.82) is 0 Å². The number of esters is 1. The largest absolute Gasteiger partial charge is 0.499 e. The third-order valence-corrected chi connectivity index (χ3v) is 9.54. The van der Waals surface area contributed by atoms with E-state index in [4.69, 9.17) is 9.47 Å². The number of rotatable bonds is 20. The summed E-state index contributed by atoms with van der Waals surface area (Å²) in [5.41, 5.74) is 1.85. The zero-order valence-corrected chi connectivity index (χ0v) is 33.4. The molecular weight excluding hydrogens is 684 g/mol. The molecule has 54 heavy (non-hydrogen) atoms. The van der Waals surface area contributed by atoms with Gasteiger partial charge in [-0.1, -0.05) is 115 Å². The monoisotopic (exact) mass is 744 g/mol. The summed E-state index contributed by atoms with van der Waals surface area (Å²) in [6.07, 6.45) is 5.23. The van der Waals surface area contributed by atoms with Crippen molar-refractivity contribution in [2.24, 2.45) is 17.8 Å². The van der Waals surface area contributed by atoms with E-state index in [0.717, 1.165) is 17.5 Å². The van der Waals surface area contributed by atoms with E-state index in [0.29, 0.717) is 25.0 Å². The molecule has 294 valence electrons. The van der Waals surface area contributed by atoms with Crippen LogP contribution in [0.3, 0.4) is 0 Å². The van der Waals surface area contributed by atoms with E-state index < -0.39 is 59.9 Å². The van der Waals surface area contributed by atoms with Crippen molar-refractivity contribution in [3.63, 3.8) is 0 Å². The Morgan fingerprint density at radius 1 is 0.852 bits per heavy atom.